The summed E-state index contributed by atoms with van der Waals surface area (Å²) in [5.74, 6) is 0.248. The molecule has 0 aliphatic heterocycles. The molecule has 0 spiro atoms. The van der Waals surface area contributed by atoms with Gasteiger partial charge in [-0.3, -0.25) is 4.79 Å². The summed E-state index contributed by atoms with van der Waals surface area (Å²) < 4.78 is 1.73. The fourth-order valence-corrected chi connectivity index (χ4v) is 5.01. The van der Waals surface area contributed by atoms with Gasteiger partial charge in [-0.15, -0.1) is 11.3 Å². The molecule has 0 atom stereocenters. The van der Waals surface area contributed by atoms with Gasteiger partial charge in [0, 0.05) is 22.9 Å². The quantitative estimate of drug-likeness (QED) is 0.282. The van der Waals surface area contributed by atoms with Crippen molar-refractivity contribution in [2.45, 2.75) is 10.9 Å². The van der Waals surface area contributed by atoms with Crippen molar-refractivity contribution in [3.05, 3.63) is 83.4 Å². The molecular formula is C23H19ClN4O2S2. The number of carbonyl (C=O) groups is 2. The summed E-state index contributed by atoms with van der Waals surface area (Å²) in [6.07, 6.45) is 0. The Balaban J connectivity index is 1.31. The lowest BCUT2D eigenvalue weighted by Crippen LogP contribution is -2.24. The van der Waals surface area contributed by atoms with Crippen LogP contribution in [-0.4, -0.2) is 22.7 Å². The number of urea groups is 1. The SMILES string of the molecule is O=C(CSc1nc2ccc(NC(=O)Nc3cccc(Cl)c3)cc2s1)NCc1ccccc1. The maximum absolute atomic E-state index is 12.2. The van der Waals surface area contributed by atoms with E-state index in [0.29, 0.717) is 28.7 Å². The summed E-state index contributed by atoms with van der Waals surface area (Å²) in [4.78, 5) is 28.9. The summed E-state index contributed by atoms with van der Waals surface area (Å²) in [5, 5.41) is 9.01. The van der Waals surface area contributed by atoms with Crippen LogP contribution in [0.1, 0.15) is 5.56 Å². The molecule has 162 valence electrons. The number of thiazole rings is 1. The van der Waals surface area contributed by atoms with E-state index in [4.69, 9.17) is 11.6 Å². The lowest BCUT2D eigenvalue weighted by atomic mass is 10.2. The van der Waals surface area contributed by atoms with Crippen LogP contribution in [-0.2, 0) is 11.3 Å². The lowest BCUT2D eigenvalue weighted by Gasteiger charge is -2.07. The van der Waals surface area contributed by atoms with E-state index in [0.717, 1.165) is 20.1 Å². The summed E-state index contributed by atoms with van der Waals surface area (Å²) >= 11 is 8.82. The summed E-state index contributed by atoms with van der Waals surface area (Å²) in [7, 11) is 0. The second-order valence-corrected chi connectivity index (χ2v) is 9.49. The molecule has 0 fully saturated rings. The van der Waals surface area contributed by atoms with Crippen LogP contribution < -0.4 is 16.0 Å². The highest BCUT2D eigenvalue weighted by Gasteiger charge is 2.10. The topological polar surface area (TPSA) is 83.1 Å². The average Bonchev–Trinajstić information content (AvgIpc) is 3.19. The van der Waals surface area contributed by atoms with E-state index in [1.54, 1.807) is 30.3 Å². The number of halogens is 1. The Morgan fingerprint density at radius 2 is 1.72 bits per heavy atom. The number of thioether (sulfide) groups is 1. The van der Waals surface area contributed by atoms with E-state index in [9.17, 15) is 9.59 Å². The molecule has 6 nitrogen and oxygen atoms in total. The van der Waals surface area contributed by atoms with Crippen molar-refractivity contribution in [1.82, 2.24) is 10.3 Å². The summed E-state index contributed by atoms with van der Waals surface area (Å²) in [5.41, 5.74) is 3.14. The molecule has 4 aromatic rings. The van der Waals surface area contributed by atoms with Crippen molar-refractivity contribution in [3.63, 3.8) is 0 Å². The molecule has 3 N–H and O–H groups in total. The molecule has 0 aliphatic rings. The minimum absolute atomic E-state index is 0.0434. The molecule has 1 heterocycles. The van der Waals surface area contributed by atoms with Crippen molar-refractivity contribution in [2.24, 2.45) is 0 Å². The Bertz CT molecular complexity index is 1250. The van der Waals surface area contributed by atoms with Gasteiger partial charge in [0.25, 0.3) is 0 Å². The predicted octanol–water partition coefficient (Wildman–Crippen LogP) is 6.00. The van der Waals surface area contributed by atoms with E-state index in [-0.39, 0.29) is 11.9 Å². The normalized spacial score (nSPS) is 10.7. The number of amides is 3. The van der Waals surface area contributed by atoms with Crippen molar-refractivity contribution < 1.29 is 9.59 Å². The van der Waals surface area contributed by atoms with Crippen LogP contribution >= 0.6 is 34.7 Å². The van der Waals surface area contributed by atoms with Gasteiger partial charge < -0.3 is 16.0 Å². The zero-order valence-corrected chi connectivity index (χ0v) is 19.2. The first-order valence-electron chi connectivity index (χ1n) is 9.73. The van der Waals surface area contributed by atoms with Gasteiger partial charge in [0.2, 0.25) is 5.91 Å². The number of hydrogen-bond donors (Lipinski definition) is 3. The molecule has 0 unspecified atom stereocenters. The molecule has 0 saturated heterocycles. The van der Waals surface area contributed by atoms with Gasteiger partial charge in [-0.2, -0.15) is 0 Å². The van der Waals surface area contributed by atoms with E-state index in [2.05, 4.69) is 20.9 Å². The highest BCUT2D eigenvalue weighted by molar-refractivity contribution is 8.01. The zero-order chi connectivity index (χ0) is 22.3. The molecule has 32 heavy (non-hydrogen) atoms. The van der Waals surface area contributed by atoms with Crippen LogP contribution in [0.15, 0.2) is 77.1 Å². The number of anilines is 2. The van der Waals surface area contributed by atoms with Gasteiger partial charge >= 0.3 is 6.03 Å². The fraction of sp³-hybridized carbons (Fsp3) is 0.0870. The van der Waals surface area contributed by atoms with Gasteiger partial charge in [0.05, 0.1) is 16.0 Å². The van der Waals surface area contributed by atoms with E-state index >= 15 is 0 Å². The molecule has 3 aromatic carbocycles. The monoisotopic (exact) mass is 482 g/mol. The molecule has 0 saturated carbocycles. The average molecular weight is 483 g/mol. The second kappa shape index (κ2) is 10.5. The van der Waals surface area contributed by atoms with Crippen molar-refractivity contribution in [2.75, 3.05) is 16.4 Å². The second-order valence-electron chi connectivity index (χ2n) is 6.80. The Morgan fingerprint density at radius 3 is 2.50 bits per heavy atom. The number of nitrogens with one attached hydrogen (secondary N) is 3. The standard InChI is InChI=1S/C23H19ClN4O2S2/c24-16-7-4-8-17(11-16)26-22(30)27-18-9-10-19-20(12-18)32-23(28-19)31-14-21(29)25-13-15-5-2-1-3-6-15/h1-12H,13-14H2,(H,25,29)(H2,26,27,30). The minimum Gasteiger partial charge on any atom is -0.351 e. The van der Waals surface area contributed by atoms with Crippen LogP contribution in [0.5, 0.6) is 0 Å². The molecule has 1 aromatic heterocycles. The number of nitrogens with zero attached hydrogens (tertiary/aromatic N) is 1. The molecular weight excluding hydrogens is 464 g/mol. The maximum atomic E-state index is 12.2. The molecule has 0 radical (unpaired) electrons. The number of carbonyl (C=O) groups excluding carboxylic acids is 2. The third-order valence-corrected chi connectivity index (χ3v) is 6.76. The van der Waals surface area contributed by atoms with Crippen LogP contribution in [0.2, 0.25) is 5.02 Å². The number of rotatable bonds is 7. The van der Waals surface area contributed by atoms with E-state index < -0.39 is 0 Å². The van der Waals surface area contributed by atoms with Crippen LogP contribution in [0.25, 0.3) is 10.2 Å². The number of hydrogen-bond acceptors (Lipinski definition) is 5. The molecule has 4 rings (SSSR count). The van der Waals surface area contributed by atoms with Gasteiger partial charge in [-0.05, 0) is 42.0 Å². The Morgan fingerprint density at radius 1 is 0.938 bits per heavy atom. The smallest absolute Gasteiger partial charge is 0.323 e. The van der Waals surface area contributed by atoms with Crippen LogP contribution in [0, 0.1) is 0 Å². The first-order chi connectivity index (χ1) is 15.5. The van der Waals surface area contributed by atoms with E-state index in [1.807, 2.05) is 42.5 Å². The largest absolute Gasteiger partial charge is 0.351 e. The maximum Gasteiger partial charge on any atom is 0.323 e. The summed E-state index contributed by atoms with van der Waals surface area (Å²) in [6.45, 7) is 0.506. The molecule has 3 amide bonds. The van der Waals surface area contributed by atoms with Crippen molar-refractivity contribution in [3.8, 4) is 0 Å². The van der Waals surface area contributed by atoms with Gasteiger partial charge in [0.15, 0.2) is 4.34 Å². The number of fused-ring (bicyclic) bond motifs is 1. The highest BCUT2D eigenvalue weighted by atomic mass is 35.5. The van der Waals surface area contributed by atoms with Gasteiger partial charge in [-0.1, -0.05) is 59.8 Å². The number of aromatic nitrogens is 1. The number of benzene rings is 3. The molecule has 0 bridgehead atoms. The van der Waals surface area contributed by atoms with Gasteiger partial charge in [-0.25, -0.2) is 9.78 Å². The van der Waals surface area contributed by atoms with Crippen LogP contribution in [0.4, 0.5) is 16.2 Å². The lowest BCUT2D eigenvalue weighted by molar-refractivity contribution is -0.118. The third kappa shape index (κ3) is 6.23. The predicted molar refractivity (Wildman–Crippen MR) is 133 cm³/mol. The molecule has 0 aliphatic carbocycles. The summed E-state index contributed by atoms with van der Waals surface area (Å²) in [6, 6.07) is 21.9. The van der Waals surface area contributed by atoms with Crippen molar-refractivity contribution >= 4 is 68.2 Å². The zero-order valence-electron chi connectivity index (χ0n) is 16.8. The Hall–Kier alpha value is -3.07. The van der Waals surface area contributed by atoms with Gasteiger partial charge in [0.1, 0.15) is 0 Å². The minimum atomic E-state index is -0.360. The Labute approximate surface area is 198 Å². The van der Waals surface area contributed by atoms with Crippen molar-refractivity contribution in [1.29, 1.82) is 0 Å². The Kier molecular flexibility index (Phi) is 7.26. The highest BCUT2D eigenvalue weighted by Crippen LogP contribution is 2.31. The first kappa shape index (κ1) is 22.1. The van der Waals surface area contributed by atoms with Crippen LogP contribution in [0.3, 0.4) is 0 Å². The third-order valence-electron chi connectivity index (χ3n) is 4.37. The molecule has 9 heteroatoms. The first-order valence-corrected chi connectivity index (χ1v) is 11.9. The fourth-order valence-electron chi connectivity index (χ4n) is 2.88. The van der Waals surface area contributed by atoms with E-state index in [1.165, 1.54) is 23.1 Å².